The van der Waals surface area contributed by atoms with E-state index >= 15 is 0 Å². The number of anilines is 2. The molecule has 0 fully saturated rings. The summed E-state index contributed by atoms with van der Waals surface area (Å²) in [5.74, 6) is 3.47. The van der Waals surface area contributed by atoms with E-state index in [1.807, 2.05) is 0 Å². The number of carboxylic acid groups (broad SMARTS) is 2. The van der Waals surface area contributed by atoms with Crippen molar-refractivity contribution in [2.75, 3.05) is 17.7 Å². The van der Waals surface area contributed by atoms with Crippen molar-refractivity contribution in [1.29, 1.82) is 0 Å². The van der Waals surface area contributed by atoms with Crippen molar-refractivity contribution in [3.8, 4) is 5.75 Å². The van der Waals surface area contributed by atoms with E-state index in [0.717, 1.165) is 23.3 Å². The standard InChI is InChI=1S/C15H15N5O7/c1-27-9-3-5-13(11(7-9)15(23)24)19(16)18-17-12-6-8(20(25)26)2-4-10(12)14(21)22/h2-7,17-18H,16H2,1H3,(H,21,22)(H,23,24). The third-order valence-electron chi connectivity index (χ3n) is 3.45. The van der Waals surface area contributed by atoms with Crippen LogP contribution in [0.15, 0.2) is 36.4 Å². The smallest absolute Gasteiger partial charge is 0.338 e. The van der Waals surface area contributed by atoms with E-state index in [-0.39, 0.29) is 28.2 Å². The van der Waals surface area contributed by atoms with Crippen molar-refractivity contribution >= 4 is 29.0 Å². The molecule has 0 atom stereocenters. The van der Waals surface area contributed by atoms with Gasteiger partial charge < -0.3 is 20.4 Å². The van der Waals surface area contributed by atoms with Gasteiger partial charge in [0.15, 0.2) is 0 Å². The van der Waals surface area contributed by atoms with E-state index in [9.17, 15) is 29.9 Å². The Labute approximate surface area is 151 Å². The fraction of sp³-hybridized carbons (Fsp3) is 0.0667. The van der Waals surface area contributed by atoms with Crippen LogP contribution in [-0.2, 0) is 0 Å². The first-order chi connectivity index (χ1) is 12.7. The minimum Gasteiger partial charge on any atom is -0.497 e. The Kier molecular flexibility index (Phi) is 5.75. The number of carboxylic acids is 2. The lowest BCUT2D eigenvalue weighted by atomic mass is 10.1. The van der Waals surface area contributed by atoms with Gasteiger partial charge in [-0.3, -0.25) is 10.1 Å². The Morgan fingerprint density at radius 1 is 1.15 bits per heavy atom. The normalized spacial score (nSPS) is 10.1. The summed E-state index contributed by atoms with van der Waals surface area (Å²) < 4.78 is 4.96. The average Bonchev–Trinajstić information content (AvgIpc) is 2.64. The van der Waals surface area contributed by atoms with Crippen LogP contribution in [0.3, 0.4) is 0 Å². The summed E-state index contributed by atoms with van der Waals surface area (Å²) in [6, 6.07) is 7.18. The lowest BCUT2D eigenvalue weighted by Crippen LogP contribution is -2.48. The number of ether oxygens (including phenoxy) is 1. The molecule has 0 aliphatic carbocycles. The molecule has 12 heteroatoms. The lowest BCUT2D eigenvalue weighted by molar-refractivity contribution is -0.384. The number of aromatic carboxylic acids is 2. The number of methoxy groups -OCH3 is 1. The van der Waals surface area contributed by atoms with Gasteiger partial charge in [-0.1, -0.05) is 0 Å². The van der Waals surface area contributed by atoms with Gasteiger partial charge in [-0.15, -0.1) is 5.53 Å². The van der Waals surface area contributed by atoms with Gasteiger partial charge >= 0.3 is 11.9 Å². The number of nitro benzene ring substituents is 1. The van der Waals surface area contributed by atoms with E-state index in [1.54, 1.807) is 0 Å². The van der Waals surface area contributed by atoms with E-state index in [4.69, 9.17) is 10.6 Å². The molecular weight excluding hydrogens is 362 g/mol. The molecule has 0 aliphatic heterocycles. The lowest BCUT2D eigenvalue weighted by Gasteiger charge is -2.23. The van der Waals surface area contributed by atoms with Crippen molar-refractivity contribution < 1.29 is 29.5 Å². The zero-order chi connectivity index (χ0) is 20.1. The number of nitrogens with zero attached hydrogens (tertiary/aromatic N) is 2. The highest BCUT2D eigenvalue weighted by atomic mass is 16.6. The van der Waals surface area contributed by atoms with Crippen LogP contribution in [0.5, 0.6) is 5.75 Å². The van der Waals surface area contributed by atoms with Gasteiger partial charge in [0.25, 0.3) is 5.69 Å². The second-order valence-electron chi connectivity index (χ2n) is 5.09. The van der Waals surface area contributed by atoms with E-state index in [1.165, 1.54) is 25.3 Å². The molecule has 0 unspecified atom stereocenters. The topological polar surface area (TPSA) is 180 Å². The third-order valence-corrected chi connectivity index (χ3v) is 3.45. The highest BCUT2D eigenvalue weighted by molar-refractivity contribution is 5.95. The second kappa shape index (κ2) is 7.99. The summed E-state index contributed by atoms with van der Waals surface area (Å²) >= 11 is 0. The van der Waals surface area contributed by atoms with Gasteiger partial charge in [0, 0.05) is 12.1 Å². The maximum atomic E-state index is 11.4. The predicted octanol–water partition coefficient (Wildman–Crippen LogP) is 1.21. The minimum absolute atomic E-state index is 0.0260. The average molecular weight is 377 g/mol. The first kappa shape index (κ1) is 19.4. The molecule has 27 heavy (non-hydrogen) atoms. The molecule has 0 aromatic heterocycles. The SMILES string of the molecule is COc1ccc(N(N)NNc2cc([N+](=O)[O-])ccc2C(=O)O)c(C(=O)O)c1. The zero-order valence-corrected chi connectivity index (χ0v) is 13.9. The molecule has 2 rings (SSSR count). The number of hydrogen-bond acceptors (Lipinski definition) is 9. The Bertz CT molecular complexity index is 902. The fourth-order valence-corrected chi connectivity index (χ4v) is 2.14. The van der Waals surface area contributed by atoms with Gasteiger partial charge in [0.2, 0.25) is 0 Å². The van der Waals surface area contributed by atoms with Crippen LogP contribution in [0.25, 0.3) is 0 Å². The number of hydrazine groups is 3. The maximum Gasteiger partial charge on any atom is 0.338 e. The van der Waals surface area contributed by atoms with E-state index < -0.39 is 16.9 Å². The molecule has 2 aromatic carbocycles. The molecule has 2 aromatic rings. The Morgan fingerprint density at radius 2 is 1.81 bits per heavy atom. The van der Waals surface area contributed by atoms with Crippen molar-refractivity contribution in [2.45, 2.75) is 0 Å². The summed E-state index contributed by atoms with van der Waals surface area (Å²) in [4.78, 5) is 32.8. The van der Waals surface area contributed by atoms with Gasteiger partial charge in [-0.25, -0.2) is 20.5 Å². The van der Waals surface area contributed by atoms with Gasteiger partial charge in [-0.05, 0) is 24.3 Å². The van der Waals surface area contributed by atoms with Crippen LogP contribution in [0.4, 0.5) is 17.1 Å². The minimum atomic E-state index is -1.33. The van der Waals surface area contributed by atoms with Crippen LogP contribution < -0.4 is 26.7 Å². The summed E-state index contributed by atoms with van der Waals surface area (Å²) in [7, 11) is 1.37. The van der Waals surface area contributed by atoms with Crippen LogP contribution in [-0.4, -0.2) is 34.2 Å². The predicted molar refractivity (Wildman–Crippen MR) is 93.4 cm³/mol. The quantitative estimate of drug-likeness (QED) is 0.253. The molecule has 0 saturated heterocycles. The number of nitrogens with two attached hydrogens (primary N) is 1. The second-order valence-corrected chi connectivity index (χ2v) is 5.09. The Morgan fingerprint density at radius 3 is 2.37 bits per heavy atom. The number of hydrogen-bond donors (Lipinski definition) is 5. The molecule has 0 saturated carbocycles. The molecular formula is C15H15N5O7. The maximum absolute atomic E-state index is 11.4. The number of nitro groups is 1. The Balaban J connectivity index is 2.29. The van der Waals surface area contributed by atoms with Gasteiger partial charge in [0.1, 0.15) is 5.75 Å². The number of benzene rings is 2. The first-order valence-electron chi connectivity index (χ1n) is 7.24. The van der Waals surface area contributed by atoms with Crippen molar-refractivity contribution in [3.05, 3.63) is 57.6 Å². The van der Waals surface area contributed by atoms with Crippen molar-refractivity contribution in [3.63, 3.8) is 0 Å². The number of carbonyl (C=O) groups is 2. The summed E-state index contributed by atoms with van der Waals surface area (Å²) in [5.41, 5.74) is 3.90. The molecule has 0 heterocycles. The Hall–Kier alpha value is -3.90. The van der Waals surface area contributed by atoms with Crippen LogP contribution >= 0.6 is 0 Å². The van der Waals surface area contributed by atoms with Crippen LogP contribution in [0, 0.1) is 10.1 Å². The van der Waals surface area contributed by atoms with Crippen molar-refractivity contribution in [2.24, 2.45) is 5.84 Å². The summed E-state index contributed by atoms with van der Waals surface area (Å²) in [5, 5.41) is 30.1. The number of rotatable bonds is 8. The molecule has 0 aliphatic rings. The molecule has 0 radical (unpaired) electrons. The molecule has 142 valence electrons. The van der Waals surface area contributed by atoms with Gasteiger partial charge in [-0.2, -0.15) is 0 Å². The number of nitrogens with one attached hydrogen (secondary N) is 2. The van der Waals surface area contributed by atoms with Crippen molar-refractivity contribution in [1.82, 2.24) is 5.53 Å². The van der Waals surface area contributed by atoms with Crippen LogP contribution in [0.2, 0.25) is 0 Å². The number of non-ortho nitro benzene ring substituents is 1. The zero-order valence-electron chi connectivity index (χ0n) is 13.9. The highest BCUT2D eigenvalue weighted by Gasteiger charge is 2.18. The monoisotopic (exact) mass is 377 g/mol. The largest absolute Gasteiger partial charge is 0.497 e. The van der Waals surface area contributed by atoms with E-state index in [2.05, 4.69) is 11.0 Å². The van der Waals surface area contributed by atoms with Crippen LogP contribution in [0.1, 0.15) is 20.7 Å². The summed E-state index contributed by atoms with van der Waals surface area (Å²) in [6.45, 7) is 0. The third kappa shape index (κ3) is 4.39. The first-order valence-corrected chi connectivity index (χ1v) is 7.24. The molecule has 0 amide bonds. The molecule has 0 spiro atoms. The molecule has 12 nitrogen and oxygen atoms in total. The van der Waals surface area contributed by atoms with E-state index in [0.29, 0.717) is 5.75 Å². The highest BCUT2D eigenvalue weighted by Crippen LogP contribution is 2.25. The van der Waals surface area contributed by atoms with Gasteiger partial charge in [0.05, 0.1) is 34.5 Å². The molecule has 6 N–H and O–H groups in total. The summed E-state index contributed by atoms with van der Waals surface area (Å²) in [6.07, 6.45) is 0. The fourth-order valence-electron chi connectivity index (χ4n) is 2.14. The molecule has 0 bridgehead atoms.